The summed E-state index contributed by atoms with van der Waals surface area (Å²) >= 11 is 0. The van der Waals surface area contributed by atoms with Gasteiger partial charge in [-0.3, -0.25) is 4.81 Å². The Kier molecular flexibility index (Phi) is 4.17. The van der Waals surface area contributed by atoms with Crippen LogP contribution in [-0.2, 0) is 18.6 Å². The van der Waals surface area contributed by atoms with E-state index in [-0.39, 0.29) is 29.7 Å². The zero-order valence-electron chi connectivity index (χ0n) is 16.3. The summed E-state index contributed by atoms with van der Waals surface area (Å²) in [5.74, 6) is 0. The fraction of sp³-hybridized carbons (Fsp3) is 0.875. The predicted molar refractivity (Wildman–Crippen MR) is 94.7 cm³/mol. The van der Waals surface area contributed by atoms with E-state index in [0.29, 0.717) is 6.67 Å². The molecule has 2 fully saturated rings. The highest BCUT2D eigenvalue weighted by atomic mass is 16.7. The largest absolute Gasteiger partial charge is 0.594 e. The number of hydrogen-bond donors (Lipinski definition) is 0. The number of nitrogens with zero attached hydrogens (tertiary/aromatic N) is 2. The number of hydrogen-bond acceptors (Lipinski definition) is 6. The lowest BCUT2D eigenvalue weighted by Gasteiger charge is -2.34. The van der Waals surface area contributed by atoms with E-state index in [0.717, 1.165) is 6.54 Å². The summed E-state index contributed by atoms with van der Waals surface area (Å²) in [6.07, 6.45) is 4.11. The van der Waals surface area contributed by atoms with Gasteiger partial charge in [0.25, 0.3) is 0 Å². The summed E-state index contributed by atoms with van der Waals surface area (Å²) in [5.41, 5.74) is -1.38. The molecule has 0 bridgehead atoms. The van der Waals surface area contributed by atoms with Crippen molar-refractivity contribution < 1.29 is 18.6 Å². The van der Waals surface area contributed by atoms with Crippen LogP contribution in [0.2, 0.25) is 0 Å². The Bertz CT molecular complexity index is 504. The molecule has 0 spiro atoms. The highest BCUT2D eigenvalue weighted by Gasteiger charge is 2.57. The fourth-order valence-electron chi connectivity index (χ4n) is 2.83. The van der Waals surface area contributed by atoms with Crippen molar-refractivity contribution in [2.45, 2.75) is 77.8 Å². The fourth-order valence-corrected chi connectivity index (χ4v) is 2.83. The molecule has 2 saturated heterocycles. The van der Waals surface area contributed by atoms with E-state index >= 15 is 0 Å². The van der Waals surface area contributed by atoms with Crippen LogP contribution in [-0.4, -0.2) is 59.7 Å². The van der Waals surface area contributed by atoms with E-state index < -0.39 is 7.25 Å². The summed E-state index contributed by atoms with van der Waals surface area (Å²) in [6, 6.07) is 0. The first-order valence-corrected chi connectivity index (χ1v) is 8.72. The molecule has 0 aromatic carbocycles. The quantitative estimate of drug-likeness (QED) is 0.721. The number of rotatable bonds is 2. The molecule has 3 aliphatic rings. The van der Waals surface area contributed by atoms with Crippen molar-refractivity contribution in [2.75, 3.05) is 13.2 Å². The lowest BCUT2D eigenvalue weighted by molar-refractivity contribution is 0.00578. The maximum absolute atomic E-state index is 6.16. The standard InChI is InChI=1S/C16H30B2N2O4/c1-13(2)14(3,4)22-17(21-13)19-10-9-11-20(12-19)18-23-15(5,6)16(7,8)24-18/h9-10H,11-12H2,1-8H3. The van der Waals surface area contributed by atoms with Gasteiger partial charge in [0.05, 0.1) is 29.1 Å². The van der Waals surface area contributed by atoms with Crippen LogP contribution >= 0.6 is 0 Å². The smallest absolute Gasteiger partial charge is 0.389 e. The maximum atomic E-state index is 6.16. The molecule has 0 saturated carbocycles. The van der Waals surface area contributed by atoms with Gasteiger partial charge in [0, 0.05) is 6.54 Å². The van der Waals surface area contributed by atoms with Crippen molar-refractivity contribution in [3.8, 4) is 0 Å². The Morgan fingerprint density at radius 2 is 1.12 bits per heavy atom. The Balaban J connectivity index is 1.69. The molecule has 0 atom stereocenters. The van der Waals surface area contributed by atoms with Gasteiger partial charge in [0.15, 0.2) is 0 Å². The Hall–Kier alpha value is -0.530. The van der Waals surface area contributed by atoms with Gasteiger partial charge in [-0.1, -0.05) is 6.08 Å². The molecule has 0 radical (unpaired) electrons. The molecule has 0 aromatic rings. The molecular weight excluding hydrogens is 306 g/mol. The van der Waals surface area contributed by atoms with E-state index in [1.807, 2.05) is 11.0 Å². The van der Waals surface area contributed by atoms with Crippen LogP contribution in [0.3, 0.4) is 0 Å². The van der Waals surface area contributed by atoms with Gasteiger partial charge in [-0.05, 0) is 61.6 Å². The van der Waals surface area contributed by atoms with Gasteiger partial charge >= 0.3 is 14.5 Å². The second-order valence-corrected chi connectivity index (χ2v) is 8.94. The van der Waals surface area contributed by atoms with Crippen LogP contribution in [0, 0.1) is 0 Å². The minimum atomic E-state index is -0.406. The lowest BCUT2D eigenvalue weighted by atomic mass is 9.90. The summed E-state index contributed by atoms with van der Waals surface area (Å²) in [5, 5.41) is 0. The first-order valence-electron chi connectivity index (χ1n) is 8.72. The molecule has 8 heteroatoms. The molecule has 0 N–H and O–H groups in total. The van der Waals surface area contributed by atoms with Crippen molar-refractivity contribution in [2.24, 2.45) is 0 Å². The lowest BCUT2D eigenvalue weighted by Crippen LogP contribution is -2.53. The highest BCUT2D eigenvalue weighted by Crippen LogP contribution is 2.40. The second-order valence-electron chi connectivity index (χ2n) is 8.94. The molecule has 0 unspecified atom stereocenters. The zero-order chi connectivity index (χ0) is 18.0. The topological polar surface area (TPSA) is 43.4 Å². The molecule has 24 heavy (non-hydrogen) atoms. The third kappa shape index (κ3) is 2.92. The normalized spacial score (nSPS) is 31.1. The molecule has 6 nitrogen and oxygen atoms in total. The molecular formula is C16H30B2N2O4. The van der Waals surface area contributed by atoms with Crippen LogP contribution < -0.4 is 0 Å². The monoisotopic (exact) mass is 336 g/mol. The maximum Gasteiger partial charge on any atom is 0.594 e. The molecule has 3 aliphatic heterocycles. The SMILES string of the molecule is CC1(C)OB(N2C=CCN(B3OC(C)(C)C(C)(C)O3)C2)OC1(C)C. The zero-order valence-corrected chi connectivity index (χ0v) is 16.3. The van der Waals surface area contributed by atoms with Gasteiger partial charge in [-0.25, -0.2) is 0 Å². The first kappa shape index (κ1) is 18.3. The first-order chi connectivity index (χ1) is 10.8. The summed E-state index contributed by atoms with van der Waals surface area (Å²) in [6.45, 7) is 17.9. The third-order valence-electron chi connectivity index (χ3n) is 6.03. The van der Waals surface area contributed by atoms with Crippen LogP contribution in [0.15, 0.2) is 12.3 Å². The average Bonchev–Trinajstić information content (AvgIpc) is 2.79. The minimum absolute atomic E-state index is 0.339. The van der Waals surface area contributed by atoms with E-state index in [1.54, 1.807) is 0 Å². The van der Waals surface area contributed by atoms with Gasteiger partial charge in [0.1, 0.15) is 0 Å². The van der Waals surface area contributed by atoms with Crippen LogP contribution in [0.1, 0.15) is 55.4 Å². The highest BCUT2D eigenvalue weighted by molar-refractivity contribution is 6.44. The van der Waals surface area contributed by atoms with Gasteiger partial charge in [-0.2, -0.15) is 0 Å². The van der Waals surface area contributed by atoms with Crippen molar-refractivity contribution in [3.63, 3.8) is 0 Å². The average molecular weight is 336 g/mol. The van der Waals surface area contributed by atoms with Crippen molar-refractivity contribution >= 4 is 14.5 Å². The van der Waals surface area contributed by atoms with Crippen molar-refractivity contribution in [3.05, 3.63) is 12.3 Å². The molecule has 0 aromatic heterocycles. The van der Waals surface area contributed by atoms with Crippen molar-refractivity contribution in [1.82, 2.24) is 9.62 Å². The van der Waals surface area contributed by atoms with Crippen LogP contribution in [0.5, 0.6) is 0 Å². The Labute approximate surface area is 146 Å². The minimum Gasteiger partial charge on any atom is -0.389 e. The van der Waals surface area contributed by atoms with E-state index in [9.17, 15) is 0 Å². The van der Waals surface area contributed by atoms with Crippen LogP contribution in [0.4, 0.5) is 0 Å². The predicted octanol–water partition coefficient (Wildman–Crippen LogP) is 2.25. The molecule has 0 amide bonds. The summed E-state index contributed by atoms with van der Waals surface area (Å²) in [7, 11) is -0.777. The molecule has 0 aliphatic carbocycles. The summed E-state index contributed by atoms with van der Waals surface area (Å²) < 4.78 is 24.6. The Morgan fingerprint density at radius 1 is 0.708 bits per heavy atom. The van der Waals surface area contributed by atoms with Gasteiger partial charge in [-0.15, -0.1) is 0 Å². The van der Waals surface area contributed by atoms with Crippen molar-refractivity contribution in [1.29, 1.82) is 0 Å². The van der Waals surface area contributed by atoms with E-state index in [4.69, 9.17) is 18.6 Å². The summed E-state index contributed by atoms with van der Waals surface area (Å²) in [4.78, 5) is 4.19. The third-order valence-corrected chi connectivity index (χ3v) is 6.03. The van der Waals surface area contributed by atoms with Gasteiger partial charge < -0.3 is 23.4 Å². The van der Waals surface area contributed by atoms with E-state index in [1.165, 1.54) is 0 Å². The van der Waals surface area contributed by atoms with Crippen LogP contribution in [0.25, 0.3) is 0 Å². The Morgan fingerprint density at radius 3 is 1.58 bits per heavy atom. The molecule has 3 rings (SSSR count). The van der Waals surface area contributed by atoms with Gasteiger partial charge in [0.2, 0.25) is 0 Å². The second kappa shape index (κ2) is 5.48. The van der Waals surface area contributed by atoms with E-state index in [2.05, 4.69) is 66.3 Å². The molecule has 3 heterocycles. The molecule has 134 valence electrons.